The minimum atomic E-state index is -0.486. The third kappa shape index (κ3) is 7.55. The lowest BCUT2D eigenvalue weighted by molar-refractivity contribution is -0.189. The van der Waals surface area contributed by atoms with E-state index in [0.29, 0.717) is 6.61 Å². The molecule has 5 nitrogen and oxygen atoms in total. The second kappa shape index (κ2) is 11.2. The number of ether oxygens (including phenoxy) is 3. The van der Waals surface area contributed by atoms with E-state index in [1.807, 2.05) is 19.1 Å². The summed E-state index contributed by atoms with van der Waals surface area (Å²) in [5, 5.41) is 0. The Kier molecular flexibility index (Phi) is 9.71. The molecule has 25 heavy (non-hydrogen) atoms. The van der Waals surface area contributed by atoms with E-state index in [-0.39, 0.29) is 24.7 Å². The van der Waals surface area contributed by atoms with Crippen molar-refractivity contribution in [1.29, 1.82) is 0 Å². The fraction of sp³-hybridized carbons (Fsp3) is 0.650. The minimum Gasteiger partial charge on any atom is -0.455 e. The second-order valence-electron chi connectivity index (χ2n) is 6.85. The Morgan fingerprint density at radius 1 is 1.28 bits per heavy atom. The number of esters is 1. The number of carbonyl (C=O) groups excluding carboxylic acids is 1. The maximum Gasteiger partial charge on any atom is 0.320 e. The summed E-state index contributed by atoms with van der Waals surface area (Å²) in [7, 11) is 1.63. The van der Waals surface area contributed by atoms with E-state index in [1.165, 1.54) is 11.1 Å². The fourth-order valence-electron chi connectivity index (χ4n) is 2.83. The van der Waals surface area contributed by atoms with Gasteiger partial charge in [0.25, 0.3) is 0 Å². The maximum absolute atomic E-state index is 11.6. The predicted octanol–water partition coefficient (Wildman–Crippen LogP) is 3.16. The lowest BCUT2D eigenvalue weighted by atomic mass is 9.93. The molecular formula is C20H33NO4. The van der Waals surface area contributed by atoms with Gasteiger partial charge in [-0.2, -0.15) is 0 Å². The van der Waals surface area contributed by atoms with E-state index in [2.05, 4.69) is 32.9 Å². The molecule has 0 aromatic heterocycles. The van der Waals surface area contributed by atoms with Gasteiger partial charge in [0.05, 0.1) is 13.2 Å². The van der Waals surface area contributed by atoms with Gasteiger partial charge in [0.2, 0.25) is 0 Å². The normalized spacial score (nSPS) is 27.4. The zero-order valence-electron chi connectivity index (χ0n) is 16.2. The van der Waals surface area contributed by atoms with Crippen LogP contribution in [-0.4, -0.2) is 44.5 Å². The van der Waals surface area contributed by atoms with Crippen LogP contribution in [0.25, 0.3) is 0 Å². The summed E-state index contributed by atoms with van der Waals surface area (Å²) >= 11 is 0. The van der Waals surface area contributed by atoms with E-state index >= 15 is 0 Å². The molecule has 1 fully saturated rings. The van der Waals surface area contributed by atoms with Gasteiger partial charge in [-0.1, -0.05) is 42.4 Å². The van der Waals surface area contributed by atoms with Crippen molar-refractivity contribution in [3.05, 3.63) is 35.5 Å². The van der Waals surface area contributed by atoms with Crippen LogP contribution in [0.3, 0.4) is 0 Å². The highest BCUT2D eigenvalue weighted by atomic mass is 16.6. The number of nitrogens with two attached hydrogens (primary N) is 1. The topological polar surface area (TPSA) is 70.8 Å². The highest BCUT2D eigenvalue weighted by Crippen LogP contribution is 2.26. The molecule has 142 valence electrons. The van der Waals surface area contributed by atoms with Crippen molar-refractivity contribution < 1.29 is 19.0 Å². The van der Waals surface area contributed by atoms with Crippen LogP contribution in [0.4, 0.5) is 0 Å². The summed E-state index contributed by atoms with van der Waals surface area (Å²) < 4.78 is 16.9. The average molecular weight is 351 g/mol. The van der Waals surface area contributed by atoms with E-state index in [9.17, 15) is 4.79 Å². The number of hydrogen-bond donors (Lipinski definition) is 1. The van der Waals surface area contributed by atoms with Crippen LogP contribution in [0.15, 0.2) is 35.5 Å². The molecule has 1 aliphatic rings. The highest BCUT2D eigenvalue weighted by molar-refractivity contribution is 5.71. The van der Waals surface area contributed by atoms with Crippen LogP contribution < -0.4 is 5.73 Å². The van der Waals surface area contributed by atoms with Crippen molar-refractivity contribution in [3.63, 3.8) is 0 Å². The Bertz CT molecular complexity index is 506. The molecule has 2 N–H and O–H groups in total. The molecule has 1 heterocycles. The Morgan fingerprint density at radius 3 is 2.60 bits per heavy atom. The van der Waals surface area contributed by atoms with Crippen molar-refractivity contribution >= 4 is 5.97 Å². The summed E-state index contributed by atoms with van der Waals surface area (Å²) in [5.74, 6) is -0.303. The Hall–Kier alpha value is -1.43. The summed E-state index contributed by atoms with van der Waals surface area (Å²) in [4.78, 5) is 11.6. The Labute approximate surface area is 151 Å². The molecular weight excluding hydrogens is 318 g/mol. The van der Waals surface area contributed by atoms with E-state index in [0.717, 1.165) is 12.8 Å². The van der Waals surface area contributed by atoms with Crippen LogP contribution in [0.5, 0.6) is 0 Å². The maximum atomic E-state index is 11.6. The lowest BCUT2D eigenvalue weighted by Gasteiger charge is -2.39. The summed E-state index contributed by atoms with van der Waals surface area (Å²) in [6, 6.07) is 0. The molecule has 1 saturated heterocycles. The van der Waals surface area contributed by atoms with Gasteiger partial charge in [0.15, 0.2) is 6.10 Å². The van der Waals surface area contributed by atoms with Crippen molar-refractivity contribution in [2.24, 2.45) is 11.7 Å². The van der Waals surface area contributed by atoms with Gasteiger partial charge in [0, 0.05) is 13.0 Å². The lowest BCUT2D eigenvalue weighted by Crippen LogP contribution is -2.52. The molecule has 0 amide bonds. The smallest absolute Gasteiger partial charge is 0.320 e. The number of allylic oxidation sites excluding steroid dienone is 5. The summed E-state index contributed by atoms with van der Waals surface area (Å²) in [6.07, 6.45) is 9.23. The fourth-order valence-corrected chi connectivity index (χ4v) is 2.83. The van der Waals surface area contributed by atoms with Crippen LogP contribution in [0, 0.1) is 5.92 Å². The SMILES string of the molecule is CO[C@@H]1[C@@H](OC(=O)CN)[C@H](C=CC=C(C)CCC=C(C)C)OC[C@@H]1C. The standard InChI is InChI=1S/C20H33NO4/c1-14(2)8-6-9-15(3)10-7-11-17-20(25-18(22)12-21)19(23-5)16(4)13-24-17/h7-8,10-11,16-17,19-20H,6,9,12-13,21H2,1-5H3/t16-,17-,19-,20-/m0/s1. The van der Waals surface area contributed by atoms with E-state index in [4.69, 9.17) is 19.9 Å². The highest BCUT2D eigenvalue weighted by Gasteiger charge is 2.40. The van der Waals surface area contributed by atoms with Crippen LogP contribution in [0.2, 0.25) is 0 Å². The molecule has 5 heteroatoms. The van der Waals surface area contributed by atoms with Crippen LogP contribution in [0.1, 0.15) is 40.5 Å². The zero-order chi connectivity index (χ0) is 18.8. The third-order valence-electron chi connectivity index (χ3n) is 4.24. The summed E-state index contributed by atoms with van der Waals surface area (Å²) in [5.41, 5.74) is 8.00. The van der Waals surface area contributed by atoms with E-state index in [1.54, 1.807) is 7.11 Å². The van der Waals surface area contributed by atoms with Crippen LogP contribution in [-0.2, 0) is 19.0 Å². The van der Waals surface area contributed by atoms with Gasteiger partial charge in [-0.25, -0.2) is 0 Å². The van der Waals surface area contributed by atoms with Crippen molar-refractivity contribution in [1.82, 2.24) is 0 Å². The number of methoxy groups -OCH3 is 1. The van der Waals surface area contributed by atoms with Crippen molar-refractivity contribution in [3.8, 4) is 0 Å². The first-order valence-electron chi connectivity index (χ1n) is 8.90. The van der Waals surface area contributed by atoms with Gasteiger partial charge in [-0.05, 0) is 33.6 Å². The number of carbonyl (C=O) groups is 1. The first kappa shape index (κ1) is 21.6. The van der Waals surface area contributed by atoms with Gasteiger partial charge in [-0.3, -0.25) is 4.79 Å². The molecule has 4 atom stereocenters. The van der Waals surface area contributed by atoms with Crippen molar-refractivity contribution in [2.45, 2.75) is 58.8 Å². The molecule has 0 aromatic rings. The zero-order valence-corrected chi connectivity index (χ0v) is 16.2. The largest absolute Gasteiger partial charge is 0.455 e. The molecule has 0 bridgehead atoms. The molecule has 0 unspecified atom stereocenters. The quantitative estimate of drug-likeness (QED) is 0.413. The van der Waals surface area contributed by atoms with Gasteiger partial charge < -0.3 is 19.9 Å². The van der Waals surface area contributed by atoms with Crippen molar-refractivity contribution in [2.75, 3.05) is 20.3 Å². The molecule has 1 aliphatic heterocycles. The van der Waals surface area contributed by atoms with Crippen LogP contribution >= 0.6 is 0 Å². The molecule has 0 aliphatic carbocycles. The molecule has 0 radical (unpaired) electrons. The molecule has 0 spiro atoms. The Balaban J connectivity index is 2.74. The van der Waals surface area contributed by atoms with E-state index < -0.39 is 12.1 Å². The predicted molar refractivity (Wildman–Crippen MR) is 100 cm³/mol. The van der Waals surface area contributed by atoms with Gasteiger partial charge in [-0.15, -0.1) is 0 Å². The second-order valence-corrected chi connectivity index (χ2v) is 6.85. The van der Waals surface area contributed by atoms with Gasteiger partial charge >= 0.3 is 5.97 Å². The number of rotatable bonds is 8. The first-order valence-corrected chi connectivity index (χ1v) is 8.90. The molecule has 0 saturated carbocycles. The Morgan fingerprint density at radius 2 is 2.00 bits per heavy atom. The summed E-state index contributed by atoms with van der Waals surface area (Å²) in [6.45, 7) is 8.75. The van der Waals surface area contributed by atoms with Gasteiger partial charge in [0.1, 0.15) is 12.2 Å². The molecule has 0 aromatic carbocycles. The minimum absolute atomic E-state index is 0.145. The number of hydrogen-bond acceptors (Lipinski definition) is 5. The molecule has 1 rings (SSSR count). The first-order chi connectivity index (χ1) is 11.9. The average Bonchev–Trinajstić information content (AvgIpc) is 2.56. The monoisotopic (exact) mass is 351 g/mol. The third-order valence-corrected chi connectivity index (χ3v) is 4.24.